The molecule has 5 heteroatoms. The minimum atomic E-state index is -0.720. The number of ether oxygens (including phenoxy) is 1. The van der Waals surface area contributed by atoms with Gasteiger partial charge < -0.3 is 14.7 Å². The van der Waals surface area contributed by atoms with Crippen molar-refractivity contribution in [2.45, 2.75) is 37.7 Å². The molecule has 1 aromatic rings. The van der Waals surface area contributed by atoms with Crippen LogP contribution in [-0.2, 0) is 4.79 Å². The molecule has 0 radical (unpaired) electrons. The Morgan fingerprint density at radius 3 is 2.57 bits per heavy atom. The highest BCUT2D eigenvalue weighted by Crippen LogP contribution is 2.29. The lowest BCUT2D eigenvalue weighted by molar-refractivity contribution is -0.133. The number of rotatable bonds is 6. The Labute approximate surface area is 124 Å². The van der Waals surface area contributed by atoms with Crippen molar-refractivity contribution in [3.63, 3.8) is 0 Å². The van der Waals surface area contributed by atoms with E-state index in [1.807, 2.05) is 0 Å². The van der Waals surface area contributed by atoms with Gasteiger partial charge in [0.05, 0.1) is 18.6 Å². The molecule has 1 aliphatic rings. The summed E-state index contributed by atoms with van der Waals surface area (Å²) in [6.07, 6.45) is 3.80. The summed E-state index contributed by atoms with van der Waals surface area (Å²) >= 11 is 0. The molecule has 0 aromatic heterocycles. The molecule has 1 saturated carbocycles. The molecule has 0 heterocycles. The summed E-state index contributed by atoms with van der Waals surface area (Å²) in [6, 6.07) is 5.70. The molecule has 2 rings (SSSR count). The Morgan fingerprint density at radius 2 is 1.95 bits per heavy atom. The number of halogens is 1. The number of hydrogen-bond donors (Lipinski definition) is 1. The molecule has 1 amide bonds. The molecule has 0 atom stereocenters. The molecule has 0 saturated heterocycles. The Bertz CT molecular complexity index is 469. The van der Waals surface area contributed by atoms with Crippen LogP contribution < -0.4 is 4.74 Å². The number of carbonyl (C=O) groups excluding carboxylic acids is 1. The van der Waals surface area contributed by atoms with E-state index in [4.69, 9.17) is 4.74 Å². The summed E-state index contributed by atoms with van der Waals surface area (Å²) in [5, 5.41) is 10.3. The topological polar surface area (TPSA) is 49.8 Å². The van der Waals surface area contributed by atoms with Gasteiger partial charge in [-0.05, 0) is 37.1 Å². The van der Waals surface area contributed by atoms with Crippen molar-refractivity contribution in [3.05, 3.63) is 30.1 Å². The predicted octanol–water partition coefficient (Wildman–Crippen LogP) is 2.36. The van der Waals surface area contributed by atoms with Crippen LogP contribution in [0.3, 0.4) is 0 Å². The number of nitrogens with zero attached hydrogens (tertiary/aromatic N) is 1. The largest absolute Gasteiger partial charge is 0.493 e. The van der Waals surface area contributed by atoms with E-state index in [2.05, 4.69) is 0 Å². The van der Waals surface area contributed by atoms with Crippen molar-refractivity contribution in [3.8, 4) is 5.75 Å². The van der Waals surface area contributed by atoms with Gasteiger partial charge in [-0.2, -0.15) is 0 Å². The van der Waals surface area contributed by atoms with Crippen LogP contribution in [0.15, 0.2) is 24.3 Å². The smallest absolute Gasteiger partial charge is 0.225 e. The van der Waals surface area contributed by atoms with Crippen molar-refractivity contribution in [1.82, 2.24) is 4.90 Å². The van der Waals surface area contributed by atoms with E-state index < -0.39 is 5.60 Å². The lowest BCUT2D eigenvalue weighted by atomic mass is 10.0. The lowest BCUT2D eigenvalue weighted by Gasteiger charge is -2.28. The van der Waals surface area contributed by atoms with Crippen molar-refractivity contribution >= 4 is 5.91 Å². The summed E-state index contributed by atoms with van der Waals surface area (Å²) in [5.41, 5.74) is -0.720. The third kappa shape index (κ3) is 4.70. The third-order valence-corrected chi connectivity index (χ3v) is 3.89. The summed E-state index contributed by atoms with van der Waals surface area (Å²) in [6.45, 7) is 0.621. The van der Waals surface area contributed by atoms with Crippen molar-refractivity contribution in [2.75, 3.05) is 20.2 Å². The van der Waals surface area contributed by atoms with Gasteiger partial charge in [0.1, 0.15) is 11.6 Å². The highest BCUT2D eigenvalue weighted by molar-refractivity contribution is 5.76. The van der Waals surface area contributed by atoms with E-state index in [1.54, 1.807) is 11.9 Å². The summed E-state index contributed by atoms with van der Waals surface area (Å²) < 4.78 is 18.1. The number of likely N-dealkylation sites (N-methyl/N-ethyl adjacent to an activating group) is 1. The molecule has 0 unspecified atom stereocenters. The number of carbonyl (C=O) groups is 1. The number of aliphatic hydroxyl groups is 1. The molecule has 1 N–H and O–H groups in total. The zero-order valence-corrected chi connectivity index (χ0v) is 12.3. The molecule has 0 spiro atoms. The van der Waals surface area contributed by atoms with E-state index in [0.717, 1.165) is 25.7 Å². The van der Waals surface area contributed by atoms with Gasteiger partial charge in [-0.1, -0.05) is 12.8 Å². The normalized spacial score (nSPS) is 16.7. The molecule has 1 aliphatic carbocycles. The standard InChI is InChI=1S/C16H22FNO3/c1-18(12-16(20)9-2-3-10-16)15(19)8-11-21-14-6-4-13(17)5-7-14/h4-7,20H,2-3,8-12H2,1H3. The van der Waals surface area contributed by atoms with Crippen LogP contribution in [0, 0.1) is 5.82 Å². The minimum Gasteiger partial charge on any atom is -0.493 e. The monoisotopic (exact) mass is 295 g/mol. The summed E-state index contributed by atoms with van der Waals surface area (Å²) in [7, 11) is 1.70. The maximum absolute atomic E-state index is 12.7. The molecule has 0 aliphatic heterocycles. The van der Waals surface area contributed by atoms with E-state index >= 15 is 0 Å². The molecular weight excluding hydrogens is 273 g/mol. The highest BCUT2D eigenvalue weighted by atomic mass is 19.1. The van der Waals surface area contributed by atoms with E-state index in [0.29, 0.717) is 12.3 Å². The van der Waals surface area contributed by atoms with Gasteiger partial charge in [-0.25, -0.2) is 4.39 Å². The van der Waals surface area contributed by atoms with E-state index in [-0.39, 0.29) is 24.8 Å². The first-order valence-electron chi connectivity index (χ1n) is 7.33. The Balaban J connectivity index is 1.72. The fraction of sp³-hybridized carbons (Fsp3) is 0.562. The molecule has 116 valence electrons. The first-order valence-corrected chi connectivity index (χ1v) is 7.33. The average Bonchev–Trinajstić information content (AvgIpc) is 2.87. The molecule has 0 bridgehead atoms. The quantitative estimate of drug-likeness (QED) is 0.876. The lowest BCUT2D eigenvalue weighted by Crippen LogP contribution is -2.42. The van der Waals surface area contributed by atoms with Gasteiger partial charge >= 0.3 is 0 Å². The maximum Gasteiger partial charge on any atom is 0.225 e. The van der Waals surface area contributed by atoms with E-state index in [1.165, 1.54) is 24.3 Å². The van der Waals surface area contributed by atoms with Crippen LogP contribution in [0.25, 0.3) is 0 Å². The SMILES string of the molecule is CN(CC1(O)CCCC1)C(=O)CCOc1ccc(F)cc1. The number of benzene rings is 1. The minimum absolute atomic E-state index is 0.0579. The predicted molar refractivity (Wildman–Crippen MR) is 77.6 cm³/mol. The second-order valence-corrected chi connectivity index (χ2v) is 5.73. The van der Waals surface area contributed by atoms with Crippen LogP contribution in [0.2, 0.25) is 0 Å². The van der Waals surface area contributed by atoms with Crippen molar-refractivity contribution in [1.29, 1.82) is 0 Å². The fourth-order valence-electron chi connectivity index (χ4n) is 2.70. The molecule has 4 nitrogen and oxygen atoms in total. The average molecular weight is 295 g/mol. The Morgan fingerprint density at radius 1 is 1.33 bits per heavy atom. The number of amides is 1. The zero-order valence-electron chi connectivity index (χ0n) is 12.3. The molecule has 1 aromatic carbocycles. The Kier molecular flexibility index (Phi) is 5.17. The van der Waals surface area contributed by atoms with Crippen LogP contribution in [-0.4, -0.2) is 41.7 Å². The van der Waals surface area contributed by atoms with E-state index in [9.17, 15) is 14.3 Å². The van der Waals surface area contributed by atoms with Gasteiger partial charge in [-0.15, -0.1) is 0 Å². The Hall–Kier alpha value is -1.62. The first kappa shape index (κ1) is 15.8. The second kappa shape index (κ2) is 6.89. The molecule has 1 fully saturated rings. The summed E-state index contributed by atoms with van der Waals surface area (Å²) in [4.78, 5) is 13.6. The zero-order chi connectivity index (χ0) is 15.3. The van der Waals surface area contributed by atoms with Crippen LogP contribution in [0.5, 0.6) is 5.75 Å². The molecule has 21 heavy (non-hydrogen) atoms. The first-order chi connectivity index (χ1) is 9.98. The van der Waals surface area contributed by atoms with Gasteiger partial charge in [0.25, 0.3) is 0 Å². The molecular formula is C16H22FNO3. The van der Waals surface area contributed by atoms with Gasteiger partial charge in [0.2, 0.25) is 5.91 Å². The van der Waals surface area contributed by atoms with Crippen LogP contribution in [0.1, 0.15) is 32.1 Å². The van der Waals surface area contributed by atoms with Crippen LogP contribution >= 0.6 is 0 Å². The van der Waals surface area contributed by atoms with Crippen molar-refractivity contribution in [2.24, 2.45) is 0 Å². The third-order valence-electron chi connectivity index (χ3n) is 3.89. The van der Waals surface area contributed by atoms with Crippen LogP contribution in [0.4, 0.5) is 4.39 Å². The highest BCUT2D eigenvalue weighted by Gasteiger charge is 2.33. The van der Waals surface area contributed by atoms with Crippen molar-refractivity contribution < 1.29 is 19.0 Å². The maximum atomic E-state index is 12.7. The van der Waals surface area contributed by atoms with Gasteiger partial charge in [0, 0.05) is 13.6 Å². The summed E-state index contributed by atoms with van der Waals surface area (Å²) in [5.74, 6) is 0.168. The fourth-order valence-corrected chi connectivity index (χ4v) is 2.70. The van der Waals surface area contributed by atoms with Gasteiger partial charge in [-0.3, -0.25) is 4.79 Å². The second-order valence-electron chi connectivity index (χ2n) is 5.73. The number of hydrogen-bond acceptors (Lipinski definition) is 3. The van der Waals surface area contributed by atoms with Gasteiger partial charge in [0.15, 0.2) is 0 Å².